The molecular weight excluding hydrogens is 188 g/mol. The third kappa shape index (κ3) is 2.09. The molecule has 0 aliphatic carbocycles. The number of carbonyl (C=O) groups excluding carboxylic acids is 2. The normalized spacial score (nSPS) is 9.57. The number of nitrogens with zero attached hydrogens (tertiary/aromatic N) is 1. The summed E-state index contributed by atoms with van der Waals surface area (Å²) >= 11 is 0. The predicted molar refractivity (Wildman–Crippen MR) is 46.7 cm³/mol. The van der Waals surface area contributed by atoms with Crippen LogP contribution in [0.3, 0.4) is 0 Å². The van der Waals surface area contributed by atoms with E-state index in [1.54, 1.807) is 0 Å². The van der Waals surface area contributed by atoms with Gasteiger partial charge in [0.2, 0.25) is 0 Å². The summed E-state index contributed by atoms with van der Waals surface area (Å²) in [5, 5.41) is 0.412. The lowest BCUT2D eigenvalue weighted by Crippen LogP contribution is -2.51. The van der Waals surface area contributed by atoms with E-state index in [0.717, 1.165) is 0 Å². The zero-order valence-corrected chi connectivity index (χ0v) is 7.48. The van der Waals surface area contributed by atoms with Crippen LogP contribution in [0.5, 0.6) is 0 Å². The quantitative estimate of drug-likeness (QED) is 0.336. The predicted octanol–water partition coefficient (Wildman–Crippen LogP) is -0.560. The number of carbonyl (C=O) groups is 2. The zero-order valence-electron chi connectivity index (χ0n) is 7.48. The van der Waals surface area contributed by atoms with Crippen LogP contribution in [-0.4, -0.2) is 24.0 Å². The van der Waals surface area contributed by atoms with Crippen molar-refractivity contribution in [3.63, 3.8) is 0 Å². The molecule has 14 heavy (non-hydrogen) atoms. The summed E-state index contributed by atoms with van der Waals surface area (Å²) in [4.78, 5) is 22.4. The summed E-state index contributed by atoms with van der Waals surface area (Å²) in [5.74, 6) is 4.49. The molecule has 0 atom stereocenters. The second kappa shape index (κ2) is 4.40. The lowest BCUT2D eigenvalue weighted by atomic mass is 10.4. The Morgan fingerprint density at radius 3 is 2.79 bits per heavy atom. The minimum Gasteiger partial charge on any atom is -0.459 e. The van der Waals surface area contributed by atoms with Gasteiger partial charge in [-0.25, -0.2) is 16.1 Å². The number of hydrogen-bond donors (Lipinski definition) is 3. The van der Waals surface area contributed by atoms with Crippen molar-refractivity contribution in [2.75, 3.05) is 7.05 Å². The molecule has 1 heterocycles. The van der Waals surface area contributed by atoms with Crippen LogP contribution in [0.15, 0.2) is 22.8 Å². The first-order valence-corrected chi connectivity index (χ1v) is 3.76. The average Bonchev–Trinajstić information content (AvgIpc) is 2.68. The van der Waals surface area contributed by atoms with Crippen LogP contribution < -0.4 is 16.7 Å². The summed E-state index contributed by atoms with van der Waals surface area (Å²) in [6, 6.07) is 2.17. The SMILES string of the molecule is CNNC(=O)N(N)C(=O)c1ccco1. The van der Waals surface area contributed by atoms with Crippen LogP contribution >= 0.6 is 0 Å². The maximum Gasteiger partial charge on any atom is 0.353 e. The summed E-state index contributed by atoms with van der Waals surface area (Å²) in [5.41, 5.74) is 4.48. The van der Waals surface area contributed by atoms with Crippen molar-refractivity contribution >= 4 is 11.9 Å². The van der Waals surface area contributed by atoms with Crippen molar-refractivity contribution in [2.24, 2.45) is 5.84 Å². The monoisotopic (exact) mass is 198 g/mol. The number of furan rings is 1. The number of nitrogens with two attached hydrogens (primary N) is 1. The smallest absolute Gasteiger partial charge is 0.353 e. The molecule has 76 valence electrons. The molecule has 0 aliphatic rings. The van der Waals surface area contributed by atoms with E-state index in [1.165, 1.54) is 25.4 Å². The van der Waals surface area contributed by atoms with E-state index in [-0.39, 0.29) is 5.76 Å². The second-order valence-corrected chi connectivity index (χ2v) is 2.33. The number of amides is 3. The van der Waals surface area contributed by atoms with Crippen molar-refractivity contribution in [1.82, 2.24) is 15.9 Å². The molecule has 0 aliphatic heterocycles. The first kappa shape index (κ1) is 10.2. The Kier molecular flexibility index (Phi) is 3.21. The Balaban J connectivity index is 2.66. The zero-order chi connectivity index (χ0) is 10.6. The Labute approximate surface area is 79.8 Å². The van der Waals surface area contributed by atoms with Gasteiger partial charge in [0.1, 0.15) is 0 Å². The fourth-order valence-corrected chi connectivity index (χ4v) is 0.778. The van der Waals surface area contributed by atoms with Crippen LogP contribution in [0.25, 0.3) is 0 Å². The van der Waals surface area contributed by atoms with Gasteiger partial charge in [0.05, 0.1) is 6.26 Å². The second-order valence-electron chi connectivity index (χ2n) is 2.33. The lowest BCUT2D eigenvalue weighted by Gasteiger charge is -2.13. The minimum absolute atomic E-state index is 0.00115. The highest BCUT2D eigenvalue weighted by Gasteiger charge is 2.20. The van der Waals surface area contributed by atoms with Gasteiger partial charge in [-0.3, -0.25) is 10.2 Å². The van der Waals surface area contributed by atoms with Gasteiger partial charge in [-0.2, -0.15) is 5.01 Å². The van der Waals surface area contributed by atoms with Gasteiger partial charge < -0.3 is 4.42 Å². The van der Waals surface area contributed by atoms with Crippen molar-refractivity contribution in [2.45, 2.75) is 0 Å². The first-order chi connectivity index (χ1) is 6.66. The maximum atomic E-state index is 11.3. The average molecular weight is 198 g/mol. The highest BCUT2D eigenvalue weighted by molar-refractivity contribution is 6.01. The number of nitrogens with one attached hydrogen (secondary N) is 2. The molecule has 0 saturated heterocycles. The highest BCUT2D eigenvalue weighted by Crippen LogP contribution is 2.02. The third-order valence-electron chi connectivity index (χ3n) is 1.40. The summed E-state index contributed by atoms with van der Waals surface area (Å²) in [6.07, 6.45) is 1.32. The van der Waals surface area contributed by atoms with E-state index in [2.05, 4.69) is 10.9 Å². The molecule has 0 spiro atoms. The van der Waals surface area contributed by atoms with E-state index in [4.69, 9.17) is 10.3 Å². The van der Waals surface area contributed by atoms with E-state index in [9.17, 15) is 9.59 Å². The lowest BCUT2D eigenvalue weighted by molar-refractivity contribution is 0.0767. The summed E-state index contributed by atoms with van der Waals surface area (Å²) in [6.45, 7) is 0. The van der Waals surface area contributed by atoms with Crippen molar-refractivity contribution in [1.29, 1.82) is 0 Å². The van der Waals surface area contributed by atoms with Crippen LogP contribution in [-0.2, 0) is 0 Å². The molecule has 0 bridgehead atoms. The Morgan fingerprint density at radius 1 is 1.57 bits per heavy atom. The molecule has 1 aromatic heterocycles. The van der Waals surface area contributed by atoms with Crippen LogP contribution in [0.1, 0.15) is 10.6 Å². The van der Waals surface area contributed by atoms with Crippen molar-refractivity contribution in [3.05, 3.63) is 24.2 Å². The Bertz CT molecular complexity index is 322. The van der Waals surface area contributed by atoms with Gasteiger partial charge in [-0.05, 0) is 12.1 Å². The van der Waals surface area contributed by atoms with E-state index in [1.807, 2.05) is 0 Å². The summed E-state index contributed by atoms with van der Waals surface area (Å²) < 4.78 is 4.77. The fraction of sp³-hybridized carbons (Fsp3) is 0.143. The van der Waals surface area contributed by atoms with E-state index in [0.29, 0.717) is 5.01 Å². The molecule has 0 aromatic carbocycles. The Hall–Kier alpha value is -1.86. The molecule has 0 saturated carbocycles. The van der Waals surface area contributed by atoms with Crippen molar-refractivity contribution in [3.8, 4) is 0 Å². The molecule has 7 heteroatoms. The summed E-state index contributed by atoms with van der Waals surface area (Å²) in [7, 11) is 1.48. The third-order valence-corrected chi connectivity index (χ3v) is 1.40. The Morgan fingerprint density at radius 2 is 2.29 bits per heavy atom. The van der Waals surface area contributed by atoms with Crippen molar-refractivity contribution < 1.29 is 14.0 Å². The largest absolute Gasteiger partial charge is 0.459 e. The molecule has 4 N–H and O–H groups in total. The van der Waals surface area contributed by atoms with E-state index < -0.39 is 11.9 Å². The minimum atomic E-state index is -0.770. The number of hydrogen-bond acceptors (Lipinski definition) is 5. The van der Waals surface area contributed by atoms with Crippen LogP contribution in [0.2, 0.25) is 0 Å². The van der Waals surface area contributed by atoms with Gasteiger partial charge in [0, 0.05) is 7.05 Å². The molecule has 0 unspecified atom stereocenters. The van der Waals surface area contributed by atoms with Gasteiger partial charge in [-0.15, -0.1) is 0 Å². The molecule has 1 aromatic rings. The molecule has 7 nitrogen and oxygen atoms in total. The van der Waals surface area contributed by atoms with Gasteiger partial charge in [0.15, 0.2) is 5.76 Å². The van der Waals surface area contributed by atoms with Gasteiger partial charge >= 0.3 is 11.9 Å². The fourth-order valence-electron chi connectivity index (χ4n) is 0.778. The first-order valence-electron chi connectivity index (χ1n) is 3.76. The number of imide groups is 1. The molecule has 0 fully saturated rings. The van der Waals surface area contributed by atoms with Crippen LogP contribution in [0, 0.1) is 0 Å². The van der Waals surface area contributed by atoms with Crippen LogP contribution in [0.4, 0.5) is 4.79 Å². The highest BCUT2D eigenvalue weighted by atomic mass is 16.3. The maximum absolute atomic E-state index is 11.3. The van der Waals surface area contributed by atoms with E-state index >= 15 is 0 Å². The van der Waals surface area contributed by atoms with Gasteiger partial charge in [-0.1, -0.05) is 0 Å². The number of rotatable bonds is 2. The molecule has 1 rings (SSSR count). The molecular formula is C7H10N4O3. The molecule has 3 amide bonds. The standard InChI is InChI=1S/C7H10N4O3/c1-9-10-7(13)11(8)6(12)5-3-2-4-14-5/h2-4,9H,8H2,1H3,(H,10,13). The number of urea groups is 1. The topological polar surface area (TPSA) is 101 Å². The number of hydrazine groups is 2. The molecule has 0 radical (unpaired) electrons. The van der Waals surface area contributed by atoms with Gasteiger partial charge in [0.25, 0.3) is 0 Å².